The molecule has 0 bridgehead atoms. The first kappa shape index (κ1) is 9.32. The molecule has 0 amide bonds. The van der Waals surface area contributed by atoms with Crippen LogP contribution in [0.25, 0.3) is 0 Å². The van der Waals surface area contributed by atoms with Crippen molar-refractivity contribution in [2.45, 2.75) is 6.92 Å². The molecule has 1 rings (SSSR count). The topological polar surface area (TPSA) is 0 Å². The summed E-state index contributed by atoms with van der Waals surface area (Å²) in [4.78, 5) is 0. The van der Waals surface area contributed by atoms with Crippen LogP contribution in [0.2, 0.25) is 0 Å². The normalized spacial score (nSPS) is 7.56. The molecule has 0 aliphatic rings. The molecule has 0 unspecified atom stereocenters. The first-order chi connectivity index (χ1) is 4.39. The van der Waals surface area contributed by atoms with Crippen molar-refractivity contribution in [3.05, 3.63) is 35.9 Å². The minimum atomic E-state index is 1.19. The molecule has 9 heavy (non-hydrogen) atoms. The number of hydrogen-bond acceptors (Lipinski definition) is 0. The molecule has 0 aliphatic heterocycles. The van der Waals surface area contributed by atoms with E-state index >= 15 is 0 Å². The van der Waals surface area contributed by atoms with E-state index in [0.29, 0.717) is 0 Å². The zero-order valence-electron chi connectivity index (χ0n) is 5.39. The maximum atomic E-state index is 3.06. The molecule has 0 N–H and O–H groups in total. The standard InChI is InChI=1S/C7H7.BrH.Zn/c1-7-5-3-2-4-6-7;;/h3-6H,1H3;1H;/q-1;;+2/p-1. The average Bonchev–Trinajstić information content (AvgIpc) is 1.94. The summed E-state index contributed by atoms with van der Waals surface area (Å²) in [6, 6.07) is 10.8. The Bertz CT molecular complexity index is 139. The van der Waals surface area contributed by atoms with Gasteiger partial charge in [-0.25, -0.2) is 0 Å². The van der Waals surface area contributed by atoms with Crippen molar-refractivity contribution in [1.29, 1.82) is 0 Å². The molecule has 0 nitrogen and oxygen atoms in total. The second-order valence-electron chi connectivity index (χ2n) is 1.58. The van der Waals surface area contributed by atoms with Crippen LogP contribution >= 0.6 is 13.6 Å². The summed E-state index contributed by atoms with van der Waals surface area (Å²) >= 11 is 4.25. The zero-order valence-corrected chi connectivity index (χ0v) is 9.95. The van der Waals surface area contributed by atoms with Crippen LogP contribution in [-0.4, -0.2) is 0 Å². The second-order valence-corrected chi connectivity index (χ2v) is 1.58. The van der Waals surface area contributed by atoms with Gasteiger partial charge in [0.1, 0.15) is 0 Å². The average molecular weight is 236 g/mol. The van der Waals surface area contributed by atoms with E-state index in [0.717, 1.165) is 0 Å². The van der Waals surface area contributed by atoms with Gasteiger partial charge in [0.25, 0.3) is 0 Å². The van der Waals surface area contributed by atoms with E-state index in [9.17, 15) is 0 Å². The fourth-order valence-electron chi connectivity index (χ4n) is 0.470. The Hall–Kier alpha value is 0.323. The summed E-state index contributed by atoms with van der Waals surface area (Å²) in [7, 11) is 0. The number of benzene rings is 1. The van der Waals surface area contributed by atoms with Crippen LogP contribution < -0.4 is 0 Å². The molecule has 0 fully saturated rings. The van der Waals surface area contributed by atoms with Gasteiger partial charge >= 0.3 is 30.0 Å². The van der Waals surface area contributed by atoms with Crippen molar-refractivity contribution in [1.82, 2.24) is 0 Å². The Morgan fingerprint density at radius 3 is 2.00 bits per heavy atom. The van der Waals surface area contributed by atoms with Gasteiger partial charge in [0.2, 0.25) is 0 Å². The number of hydrogen-bond donors (Lipinski definition) is 0. The molecule has 0 aromatic heterocycles. The van der Waals surface area contributed by atoms with Crippen molar-refractivity contribution in [3.8, 4) is 0 Å². The van der Waals surface area contributed by atoms with Gasteiger partial charge in [0.15, 0.2) is 0 Å². The van der Waals surface area contributed by atoms with Crippen LogP contribution in [0.15, 0.2) is 24.3 Å². The molecule has 0 saturated carbocycles. The van der Waals surface area contributed by atoms with Gasteiger partial charge in [0.05, 0.1) is 0 Å². The van der Waals surface area contributed by atoms with Crippen molar-refractivity contribution in [2.75, 3.05) is 0 Å². The Labute approximate surface area is 72.7 Å². The van der Waals surface area contributed by atoms with E-state index < -0.39 is 0 Å². The second kappa shape index (κ2) is 6.44. The predicted octanol–water partition coefficient (Wildman–Crippen LogP) is 2.64. The van der Waals surface area contributed by atoms with Gasteiger partial charge in [-0.15, -0.1) is 0 Å². The van der Waals surface area contributed by atoms with Gasteiger partial charge in [-0.1, -0.05) is 6.92 Å². The van der Waals surface area contributed by atoms with Gasteiger partial charge in [-0.2, -0.15) is 35.9 Å². The van der Waals surface area contributed by atoms with Gasteiger partial charge in [-0.05, 0) is 0 Å². The van der Waals surface area contributed by atoms with E-state index in [4.69, 9.17) is 0 Å². The van der Waals surface area contributed by atoms with E-state index in [1.807, 2.05) is 24.3 Å². The molecule has 0 spiro atoms. The molecule has 2 heteroatoms. The Kier molecular flexibility index (Phi) is 6.68. The van der Waals surface area contributed by atoms with Crippen LogP contribution in [0.3, 0.4) is 0 Å². The molecule has 0 heterocycles. The van der Waals surface area contributed by atoms with Crippen LogP contribution in [0, 0.1) is 13.0 Å². The molecule has 1 aromatic rings. The summed E-state index contributed by atoms with van der Waals surface area (Å²) in [5.41, 5.74) is 1.29. The molecular weight excluding hydrogens is 229 g/mol. The Morgan fingerprint density at radius 2 is 1.78 bits per heavy atom. The number of rotatable bonds is 0. The third kappa shape index (κ3) is 4.80. The molecule has 44 valence electrons. The molecule has 0 aliphatic carbocycles. The third-order valence-corrected chi connectivity index (χ3v) is 0.885. The van der Waals surface area contributed by atoms with Gasteiger partial charge < -0.3 is 0 Å². The molecular formula is C7H7BrZn. The van der Waals surface area contributed by atoms with Crippen LogP contribution in [-0.2, 0) is 16.3 Å². The summed E-state index contributed by atoms with van der Waals surface area (Å²) in [6.45, 7) is 2.06. The number of aryl methyl sites for hydroxylation is 1. The summed E-state index contributed by atoms with van der Waals surface area (Å²) in [5.74, 6) is 0. The first-order valence-corrected chi connectivity index (χ1v) is 9.54. The van der Waals surface area contributed by atoms with Crippen LogP contribution in [0.4, 0.5) is 0 Å². The number of halogens is 1. The minimum absolute atomic E-state index is 1.19. The van der Waals surface area contributed by atoms with Crippen molar-refractivity contribution in [3.63, 3.8) is 0 Å². The molecule has 0 atom stereocenters. The first-order valence-electron chi connectivity index (χ1n) is 2.59. The molecule has 1 aromatic carbocycles. The monoisotopic (exact) mass is 234 g/mol. The van der Waals surface area contributed by atoms with E-state index in [-0.39, 0.29) is 0 Å². The van der Waals surface area contributed by atoms with Gasteiger partial charge in [-0.3, -0.25) is 0 Å². The maximum absolute atomic E-state index is 3.06. The van der Waals surface area contributed by atoms with Crippen molar-refractivity contribution in [2.24, 2.45) is 0 Å². The third-order valence-electron chi connectivity index (χ3n) is 0.885. The van der Waals surface area contributed by atoms with Gasteiger partial charge in [0, 0.05) is 0 Å². The summed E-state index contributed by atoms with van der Waals surface area (Å²) < 4.78 is 0. The van der Waals surface area contributed by atoms with E-state index in [2.05, 4.69) is 26.6 Å². The Balaban J connectivity index is 0.000000291. The SMILES string of the molecule is Cc1cc[c-]cc1.[Zn+][Br]. The van der Waals surface area contributed by atoms with E-state index in [1.54, 1.807) is 0 Å². The van der Waals surface area contributed by atoms with Crippen molar-refractivity contribution >= 4 is 13.6 Å². The zero-order chi connectivity index (χ0) is 7.11. The quantitative estimate of drug-likeness (QED) is 0.480. The van der Waals surface area contributed by atoms with Crippen LogP contribution in [0.1, 0.15) is 5.56 Å². The summed E-state index contributed by atoms with van der Waals surface area (Å²) in [6.07, 6.45) is 0. The fourth-order valence-corrected chi connectivity index (χ4v) is 0.470. The molecule has 0 saturated heterocycles. The predicted molar refractivity (Wildman–Crippen MR) is 38.9 cm³/mol. The van der Waals surface area contributed by atoms with E-state index in [1.165, 1.54) is 21.9 Å². The van der Waals surface area contributed by atoms with Crippen LogP contribution in [0.5, 0.6) is 0 Å². The summed E-state index contributed by atoms with van der Waals surface area (Å²) in [5, 5.41) is 0. The van der Waals surface area contributed by atoms with Crippen molar-refractivity contribution < 1.29 is 16.3 Å². The molecule has 0 radical (unpaired) electrons. The Morgan fingerprint density at radius 1 is 1.33 bits per heavy atom. The fraction of sp³-hybridized carbons (Fsp3) is 0.143.